The molecule has 0 radical (unpaired) electrons. The van der Waals surface area contributed by atoms with Gasteiger partial charge in [0.1, 0.15) is 18.4 Å². The second-order valence-corrected chi connectivity index (χ2v) is 9.21. The fourth-order valence-electron chi connectivity index (χ4n) is 4.76. The number of thiophene rings is 1. The maximum Gasteiger partial charge on any atom is 0.326 e. The topological polar surface area (TPSA) is 134 Å². The van der Waals surface area contributed by atoms with Crippen LogP contribution in [-0.4, -0.2) is 39.5 Å². The molecule has 4 aromatic rings. The van der Waals surface area contributed by atoms with Crippen molar-refractivity contribution >= 4 is 51.6 Å². The summed E-state index contributed by atoms with van der Waals surface area (Å²) >= 11 is 1.58. The fraction of sp³-hybridized carbons (Fsp3) is 0.208. The van der Waals surface area contributed by atoms with Crippen LogP contribution in [-0.2, 0) is 11.4 Å². The molecule has 2 aliphatic rings. The smallest absolute Gasteiger partial charge is 0.326 e. The number of aromatic nitrogens is 2. The van der Waals surface area contributed by atoms with E-state index in [-0.39, 0.29) is 5.91 Å². The van der Waals surface area contributed by atoms with Crippen LogP contribution >= 0.6 is 11.3 Å². The van der Waals surface area contributed by atoms with Gasteiger partial charge < -0.3 is 30.8 Å². The van der Waals surface area contributed by atoms with Gasteiger partial charge in [-0.1, -0.05) is 0 Å². The average molecular weight is 476 g/mol. The quantitative estimate of drug-likeness (QED) is 0.350. The van der Waals surface area contributed by atoms with Crippen LogP contribution in [0.15, 0.2) is 41.1 Å². The van der Waals surface area contributed by atoms with Crippen LogP contribution in [0.2, 0.25) is 0 Å². The third kappa shape index (κ3) is 3.34. The van der Waals surface area contributed by atoms with Crippen molar-refractivity contribution in [3.63, 3.8) is 0 Å². The highest BCUT2D eigenvalue weighted by molar-refractivity contribution is 7.08. The van der Waals surface area contributed by atoms with Crippen molar-refractivity contribution in [1.82, 2.24) is 9.97 Å². The highest BCUT2D eigenvalue weighted by Gasteiger charge is 2.34. The zero-order valence-corrected chi connectivity index (χ0v) is 18.8. The average Bonchev–Trinajstić information content (AvgIpc) is 3.56. The Morgan fingerprint density at radius 1 is 1.24 bits per heavy atom. The van der Waals surface area contributed by atoms with Gasteiger partial charge in [0.25, 0.3) is 5.91 Å². The third-order valence-corrected chi connectivity index (χ3v) is 7.16. The van der Waals surface area contributed by atoms with Gasteiger partial charge in [0.15, 0.2) is 5.95 Å². The van der Waals surface area contributed by atoms with E-state index in [4.69, 9.17) is 10.5 Å². The Balaban J connectivity index is 1.44. The molecule has 1 amide bonds. The van der Waals surface area contributed by atoms with Crippen molar-refractivity contribution in [2.24, 2.45) is 0 Å². The number of H-pyrrole nitrogens is 1. The summed E-state index contributed by atoms with van der Waals surface area (Å²) in [6, 6.07) is 8.24. The van der Waals surface area contributed by atoms with Gasteiger partial charge in [0.05, 0.1) is 22.3 Å². The first-order valence-electron chi connectivity index (χ1n) is 10.9. The Hall–Kier alpha value is -4.05. The molecule has 172 valence electrons. The monoisotopic (exact) mass is 475 g/mol. The number of ether oxygens (including phenoxy) is 1. The molecule has 9 nitrogen and oxygen atoms in total. The third-order valence-electron chi connectivity index (χ3n) is 6.36. The molecule has 1 atom stereocenters. The minimum Gasteiger partial charge on any atom is -0.488 e. The highest BCUT2D eigenvalue weighted by atomic mass is 32.1. The van der Waals surface area contributed by atoms with Gasteiger partial charge in [-0.15, -0.1) is 0 Å². The van der Waals surface area contributed by atoms with E-state index in [2.05, 4.69) is 15.3 Å². The summed E-state index contributed by atoms with van der Waals surface area (Å²) < 4.78 is 5.99. The lowest BCUT2D eigenvalue weighted by atomic mass is 9.97. The van der Waals surface area contributed by atoms with E-state index in [0.29, 0.717) is 59.2 Å². The number of carbonyl (C=O) groups excluding carboxylic acids is 1. The molecule has 1 fully saturated rings. The molecular weight excluding hydrogens is 454 g/mol. The number of nitrogen functional groups attached to an aromatic ring is 1. The predicted molar refractivity (Wildman–Crippen MR) is 131 cm³/mol. The summed E-state index contributed by atoms with van der Waals surface area (Å²) in [5.74, 6) is -0.272. The van der Waals surface area contributed by atoms with Gasteiger partial charge in [-0.2, -0.15) is 11.3 Å². The minimum absolute atomic E-state index is 0.302. The second kappa shape index (κ2) is 7.77. The van der Waals surface area contributed by atoms with Crippen LogP contribution in [0.4, 0.5) is 17.3 Å². The molecular formula is C24H21N5O4S. The van der Waals surface area contributed by atoms with E-state index in [1.807, 2.05) is 22.9 Å². The molecule has 6 rings (SSSR count). The standard InChI is InChI=1S/C24H21N5O4S/c25-24-27-17-4-3-13(6-18(17)28-24)26-22(30)15-7-14-16-11-34-10-12(16)9-33-21(14)8-20(15)29-5-1-2-19(29)23(31)32/h3-4,6-8,10-11,19H,1-2,5,9H2,(H,26,30)(H,31,32)(H3,25,27,28). The van der Waals surface area contributed by atoms with E-state index in [9.17, 15) is 14.7 Å². The molecule has 0 saturated carbocycles. The Bertz CT molecular complexity index is 1460. The minimum atomic E-state index is -0.898. The van der Waals surface area contributed by atoms with E-state index >= 15 is 0 Å². The van der Waals surface area contributed by atoms with Crippen molar-refractivity contribution in [2.45, 2.75) is 25.5 Å². The number of nitrogens with zero attached hydrogens (tertiary/aromatic N) is 2. The molecule has 0 spiro atoms. The molecule has 2 aromatic carbocycles. The number of hydrogen-bond acceptors (Lipinski definition) is 7. The van der Waals surface area contributed by atoms with E-state index in [0.717, 1.165) is 23.1 Å². The fourth-order valence-corrected chi connectivity index (χ4v) is 5.60. The van der Waals surface area contributed by atoms with Crippen LogP contribution in [0.3, 0.4) is 0 Å². The number of benzene rings is 2. The number of carbonyl (C=O) groups is 2. The molecule has 5 N–H and O–H groups in total. The van der Waals surface area contributed by atoms with Crippen LogP contribution in [0.5, 0.6) is 5.75 Å². The number of hydrogen-bond donors (Lipinski definition) is 4. The van der Waals surface area contributed by atoms with Crippen molar-refractivity contribution in [3.05, 3.63) is 52.2 Å². The van der Waals surface area contributed by atoms with Gasteiger partial charge in [-0.05, 0) is 47.9 Å². The van der Waals surface area contributed by atoms with Gasteiger partial charge in [-0.3, -0.25) is 4.79 Å². The van der Waals surface area contributed by atoms with Crippen LogP contribution in [0, 0.1) is 0 Å². The lowest BCUT2D eigenvalue weighted by molar-refractivity contribution is -0.138. The number of nitrogens with two attached hydrogens (primary N) is 1. The number of imidazole rings is 1. The van der Waals surface area contributed by atoms with E-state index in [1.54, 1.807) is 34.4 Å². The van der Waals surface area contributed by atoms with E-state index < -0.39 is 12.0 Å². The summed E-state index contributed by atoms with van der Waals surface area (Å²) in [6.07, 6.45) is 1.27. The summed E-state index contributed by atoms with van der Waals surface area (Å²) in [4.78, 5) is 34.4. The maximum atomic E-state index is 13.6. The second-order valence-electron chi connectivity index (χ2n) is 8.46. The number of anilines is 3. The first-order chi connectivity index (χ1) is 16.5. The number of amides is 1. The highest BCUT2D eigenvalue weighted by Crippen LogP contribution is 2.44. The normalized spacial score (nSPS) is 16.7. The van der Waals surface area contributed by atoms with Crippen LogP contribution < -0.4 is 20.7 Å². The zero-order chi connectivity index (χ0) is 23.4. The summed E-state index contributed by atoms with van der Waals surface area (Å²) in [5.41, 5.74) is 11.6. The van der Waals surface area contributed by atoms with Crippen LogP contribution in [0.1, 0.15) is 28.8 Å². The summed E-state index contributed by atoms with van der Waals surface area (Å²) in [7, 11) is 0. The molecule has 2 aliphatic heterocycles. The molecule has 1 unspecified atom stereocenters. The Labute approximate surface area is 198 Å². The van der Waals surface area contributed by atoms with Gasteiger partial charge in [0.2, 0.25) is 0 Å². The Morgan fingerprint density at radius 2 is 2.12 bits per heavy atom. The zero-order valence-electron chi connectivity index (χ0n) is 18.0. The first kappa shape index (κ1) is 20.5. The lowest BCUT2D eigenvalue weighted by Gasteiger charge is -2.28. The number of nitrogens with one attached hydrogen (secondary N) is 2. The Kier molecular flexibility index (Phi) is 4.70. The molecule has 0 bridgehead atoms. The number of aliphatic carboxylic acids is 1. The van der Waals surface area contributed by atoms with Gasteiger partial charge in [0, 0.05) is 35.0 Å². The predicted octanol–water partition coefficient (Wildman–Crippen LogP) is 4.07. The van der Waals surface area contributed by atoms with Crippen molar-refractivity contribution in [2.75, 3.05) is 22.5 Å². The van der Waals surface area contributed by atoms with Crippen molar-refractivity contribution < 1.29 is 19.4 Å². The molecule has 4 heterocycles. The summed E-state index contributed by atoms with van der Waals surface area (Å²) in [6.45, 7) is 1.01. The molecule has 2 aromatic heterocycles. The van der Waals surface area contributed by atoms with Crippen molar-refractivity contribution in [1.29, 1.82) is 0 Å². The van der Waals surface area contributed by atoms with Gasteiger partial charge >= 0.3 is 5.97 Å². The summed E-state index contributed by atoms with van der Waals surface area (Å²) in [5, 5.41) is 16.8. The van der Waals surface area contributed by atoms with E-state index in [1.165, 1.54) is 0 Å². The molecule has 1 saturated heterocycles. The van der Waals surface area contributed by atoms with Crippen molar-refractivity contribution in [3.8, 4) is 16.9 Å². The molecule has 10 heteroatoms. The number of fused-ring (bicyclic) bond motifs is 4. The largest absolute Gasteiger partial charge is 0.488 e. The Morgan fingerprint density at radius 3 is 2.97 bits per heavy atom. The number of carboxylic acids is 1. The van der Waals surface area contributed by atoms with Crippen LogP contribution in [0.25, 0.3) is 22.2 Å². The SMILES string of the molecule is Nc1nc2ccc(NC(=O)c3cc4c(cc3N3CCCC3C(=O)O)OCc3cscc3-4)cc2[nH]1. The first-order valence-corrected chi connectivity index (χ1v) is 11.8. The molecule has 0 aliphatic carbocycles. The van der Waals surface area contributed by atoms with Gasteiger partial charge in [-0.25, -0.2) is 9.78 Å². The lowest BCUT2D eigenvalue weighted by Crippen LogP contribution is -2.37. The number of carboxylic acid groups (broad SMARTS) is 1. The number of aromatic amines is 1. The number of rotatable bonds is 4. The molecule has 34 heavy (non-hydrogen) atoms. The maximum absolute atomic E-state index is 13.6.